The highest BCUT2D eigenvalue weighted by atomic mass is 16.5. The second-order valence-electron chi connectivity index (χ2n) is 7.97. The van der Waals surface area contributed by atoms with Gasteiger partial charge in [0, 0.05) is 32.0 Å². The number of nitrogens with zero attached hydrogens (tertiary/aromatic N) is 7. The van der Waals surface area contributed by atoms with Gasteiger partial charge in [-0.2, -0.15) is 0 Å². The van der Waals surface area contributed by atoms with E-state index in [-0.39, 0.29) is 24.7 Å². The minimum atomic E-state index is -0.858. The lowest BCUT2D eigenvalue weighted by Crippen LogP contribution is -2.53. The lowest BCUT2D eigenvalue weighted by Gasteiger charge is -2.37. The molecule has 32 heavy (non-hydrogen) atoms. The van der Waals surface area contributed by atoms with Gasteiger partial charge in [0.15, 0.2) is 17.0 Å². The highest BCUT2D eigenvalue weighted by Crippen LogP contribution is 2.26. The second-order valence-corrected chi connectivity index (χ2v) is 7.97. The molecule has 0 spiro atoms. The number of ether oxygens (including phenoxy) is 1. The van der Waals surface area contributed by atoms with Crippen LogP contribution in [0.4, 0.5) is 5.82 Å². The molecule has 0 bridgehead atoms. The normalized spacial score (nSPS) is 19.8. The summed E-state index contributed by atoms with van der Waals surface area (Å²) < 4.78 is 7.65. The molecule has 0 aromatic carbocycles. The van der Waals surface area contributed by atoms with Gasteiger partial charge >= 0.3 is 0 Å². The number of rotatable bonds is 6. The third-order valence-corrected chi connectivity index (χ3v) is 5.41. The van der Waals surface area contributed by atoms with E-state index >= 15 is 0 Å². The monoisotopic (exact) mass is 440 g/mol. The van der Waals surface area contributed by atoms with Crippen molar-refractivity contribution in [3.8, 4) is 11.4 Å². The molecule has 4 rings (SSSR count). The summed E-state index contributed by atoms with van der Waals surface area (Å²) in [7, 11) is 0. The van der Waals surface area contributed by atoms with E-state index in [0.717, 1.165) is 5.56 Å². The second kappa shape index (κ2) is 9.13. The van der Waals surface area contributed by atoms with Crippen LogP contribution in [0.2, 0.25) is 0 Å². The van der Waals surface area contributed by atoms with Gasteiger partial charge in [-0.15, -0.1) is 0 Å². The number of carbonyl (C=O) groups excluding carboxylic acids is 1. The number of amides is 1. The highest BCUT2D eigenvalue weighted by Gasteiger charge is 2.31. The molecule has 170 valence electrons. The van der Waals surface area contributed by atoms with Gasteiger partial charge in [-0.3, -0.25) is 4.79 Å². The number of aliphatic hydroxyl groups excluding tert-OH is 1. The number of aryl methyl sites for hydroxylation is 2. The number of imidazole rings is 1. The van der Waals surface area contributed by atoms with Crippen molar-refractivity contribution in [2.75, 3.05) is 25.0 Å². The van der Waals surface area contributed by atoms with Gasteiger partial charge in [0.25, 0.3) is 0 Å². The van der Waals surface area contributed by atoms with Crippen LogP contribution in [0.3, 0.4) is 0 Å². The van der Waals surface area contributed by atoms with E-state index in [2.05, 4.69) is 25.3 Å². The number of carbonyl (C=O) groups is 1. The number of anilines is 1. The number of fused-ring (bicyclic) bond motifs is 1. The molecular formula is C21H28N8O3. The summed E-state index contributed by atoms with van der Waals surface area (Å²) in [5.74, 6) is 1.52. The molecular weight excluding hydrogens is 412 g/mol. The van der Waals surface area contributed by atoms with Gasteiger partial charge in [0.1, 0.15) is 24.0 Å². The topological polar surface area (TPSA) is 131 Å². The summed E-state index contributed by atoms with van der Waals surface area (Å²) in [6.45, 7) is 8.88. The Labute approximate surface area is 185 Å². The first-order valence-electron chi connectivity index (χ1n) is 10.7. The SMILES string of the molecule is CCn1c(-c2cnc(C)nc2)nc2c(N[C@@H](CO)C(=O)N3CC(C)OC(C)C3)ncnc21. The molecule has 1 aliphatic rings. The van der Waals surface area contributed by atoms with Gasteiger partial charge in [-0.25, -0.2) is 24.9 Å². The van der Waals surface area contributed by atoms with E-state index in [4.69, 9.17) is 9.72 Å². The molecule has 11 heteroatoms. The van der Waals surface area contributed by atoms with E-state index < -0.39 is 6.04 Å². The molecule has 3 aromatic heterocycles. The summed E-state index contributed by atoms with van der Waals surface area (Å²) in [4.78, 5) is 36.8. The van der Waals surface area contributed by atoms with Crippen LogP contribution in [0.15, 0.2) is 18.7 Å². The fourth-order valence-electron chi connectivity index (χ4n) is 4.00. The van der Waals surface area contributed by atoms with Gasteiger partial charge < -0.3 is 24.6 Å². The zero-order chi connectivity index (χ0) is 22.8. The van der Waals surface area contributed by atoms with Crippen LogP contribution in [0.25, 0.3) is 22.6 Å². The van der Waals surface area contributed by atoms with Gasteiger partial charge in [0.05, 0.1) is 24.4 Å². The van der Waals surface area contributed by atoms with Crippen molar-refractivity contribution in [1.82, 2.24) is 34.4 Å². The van der Waals surface area contributed by atoms with Crippen molar-refractivity contribution in [1.29, 1.82) is 0 Å². The fourth-order valence-corrected chi connectivity index (χ4v) is 4.00. The number of aromatic nitrogens is 6. The van der Waals surface area contributed by atoms with Crippen molar-refractivity contribution >= 4 is 22.9 Å². The van der Waals surface area contributed by atoms with Crippen molar-refractivity contribution in [2.24, 2.45) is 0 Å². The predicted molar refractivity (Wildman–Crippen MR) is 118 cm³/mol. The van der Waals surface area contributed by atoms with Gasteiger partial charge in [-0.1, -0.05) is 0 Å². The summed E-state index contributed by atoms with van der Waals surface area (Å²) in [6.07, 6.45) is 4.74. The maximum Gasteiger partial charge on any atom is 0.247 e. The Morgan fingerprint density at radius 2 is 1.91 bits per heavy atom. The van der Waals surface area contributed by atoms with E-state index in [0.29, 0.717) is 48.3 Å². The smallest absolute Gasteiger partial charge is 0.247 e. The molecule has 3 aromatic rings. The van der Waals surface area contributed by atoms with Crippen molar-refractivity contribution in [2.45, 2.75) is 52.5 Å². The Hall–Kier alpha value is -3.18. The molecule has 1 fully saturated rings. The highest BCUT2D eigenvalue weighted by molar-refractivity contribution is 5.90. The molecule has 4 heterocycles. The Bertz CT molecular complexity index is 1090. The Morgan fingerprint density at radius 1 is 1.22 bits per heavy atom. The molecule has 1 amide bonds. The van der Waals surface area contributed by atoms with Crippen LogP contribution in [-0.2, 0) is 16.1 Å². The van der Waals surface area contributed by atoms with Crippen LogP contribution in [0.5, 0.6) is 0 Å². The minimum absolute atomic E-state index is 0.0626. The van der Waals surface area contributed by atoms with Crippen LogP contribution in [-0.4, -0.2) is 83.3 Å². The van der Waals surface area contributed by atoms with Crippen LogP contribution < -0.4 is 5.32 Å². The van der Waals surface area contributed by atoms with E-state index in [9.17, 15) is 9.90 Å². The predicted octanol–water partition coefficient (Wildman–Crippen LogP) is 1.02. The maximum atomic E-state index is 13.1. The summed E-state index contributed by atoms with van der Waals surface area (Å²) in [5, 5.41) is 13.1. The molecule has 1 aliphatic heterocycles. The summed E-state index contributed by atoms with van der Waals surface area (Å²) in [5.41, 5.74) is 1.89. The number of hydrogen-bond donors (Lipinski definition) is 2. The van der Waals surface area contributed by atoms with E-state index in [1.807, 2.05) is 32.3 Å². The maximum absolute atomic E-state index is 13.1. The standard InChI is InChI=1S/C21H28N8O3/c1-5-29-19(15-6-22-14(4)23-7-15)27-17-18(24-11-25-20(17)29)26-16(10-30)21(31)28-8-12(2)32-13(3)9-28/h6-7,11-13,16,30H,5,8-10H2,1-4H3,(H,24,25,26)/t12?,13?,16-/m0/s1. The Morgan fingerprint density at radius 3 is 2.53 bits per heavy atom. The van der Waals surface area contributed by atoms with Crippen LogP contribution in [0, 0.1) is 6.92 Å². The average Bonchev–Trinajstić information content (AvgIpc) is 3.16. The van der Waals surface area contributed by atoms with Crippen molar-refractivity contribution in [3.05, 3.63) is 24.5 Å². The third kappa shape index (κ3) is 4.26. The first-order valence-corrected chi connectivity index (χ1v) is 10.7. The molecule has 0 aliphatic carbocycles. The van der Waals surface area contributed by atoms with Crippen LogP contribution >= 0.6 is 0 Å². The largest absolute Gasteiger partial charge is 0.394 e. The molecule has 0 saturated carbocycles. The number of nitrogens with one attached hydrogen (secondary N) is 1. The zero-order valence-corrected chi connectivity index (χ0v) is 18.7. The first-order chi connectivity index (χ1) is 15.4. The summed E-state index contributed by atoms with van der Waals surface area (Å²) in [6, 6.07) is -0.858. The number of morpholine rings is 1. The molecule has 0 radical (unpaired) electrons. The average molecular weight is 441 g/mol. The Kier molecular flexibility index (Phi) is 6.28. The van der Waals surface area contributed by atoms with Gasteiger partial charge in [-0.05, 0) is 27.7 Å². The number of aliphatic hydroxyl groups is 1. The zero-order valence-electron chi connectivity index (χ0n) is 18.7. The number of hydrogen-bond acceptors (Lipinski definition) is 9. The molecule has 3 atom stereocenters. The molecule has 1 saturated heterocycles. The molecule has 2 N–H and O–H groups in total. The lowest BCUT2D eigenvalue weighted by molar-refractivity contribution is -0.144. The third-order valence-electron chi connectivity index (χ3n) is 5.41. The Balaban J connectivity index is 1.66. The van der Waals surface area contributed by atoms with Gasteiger partial charge in [0.2, 0.25) is 5.91 Å². The molecule has 2 unspecified atom stereocenters. The first kappa shape index (κ1) is 22.0. The molecule has 11 nitrogen and oxygen atoms in total. The van der Waals surface area contributed by atoms with E-state index in [1.54, 1.807) is 17.3 Å². The van der Waals surface area contributed by atoms with E-state index in [1.165, 1.54) is 6.33 Å². The van der Waals surface area contributed by atoms with Crippen molar-refractivity contribution in [3.63, 3.8) is 0 Å². The fraction of sp³-hybridized carbons (Fsp3) is 0.524. The quantitative estimate of drug-likeness (QED) is 0.577. The summed E-state index contributed by atoms with van der Waals surface area (Å²) >= 11 is 0. The lowest BCUT2D eigenvalue weighted by atomic mass is 10.2. The van der Waals surface area contributed by atoms with Crippen LogP contribution in [0.1, 0.15) is 26.6 Å². The minimum Gasteiger partial charge on any atom is -0.394 e. The van der Waals surface area contributed by atoms with Crippen molar-refractivity contribution < 1.29 is 14.6 Å².